The van der Waals surface area contributed by atoms with E-state index in [1.54, 1.807) is 0 Å². The first kappa shape index (κ1) is 10.3. The molecule has 2 aromatic carbocycles. The lowest BCUT2D eigenvalue weighted by molar-refractivity contribution is 0.599. The standard InChI is InChI=1S/C14H11F2N/c15-11-5-6-12(16)14(9-11)17-8-7-10-3-1-2-4-13(10)17/h1-6,9H,7-8H2. The van der Waals surface area contributed by atoms with Crippen LogP contribution in [0.2, 0.25) is 0 Å². The monoisotopic (exact) mass is 231 g/mol. The summed E-state index contributed by atoms with van der Waals surface area (Å²) in [4.78, 5) is 1.83. The number of rotatable bonds is 1. The quantitative estimate of drug-likeness (QED) is 0.724. The minimum Gasteiger partial charge on any atom is -0.338 e. The summed E-state index contributed by atoms with van der Waals surface area (Å²) < 4.78 is 26.9. The molecule has 0 aliphatic carbocycles. The molecular weight excluding hydrogens is 220 g/mol. The third-order valence-electron chi connectivity index (χ3n) is 3.09. The first-order valence-corrected chi connectivity index (χ1v) is 5.56. The fourth-order valence-corrected chi connectivity index (χ4v) is 2.28. The molecule has 0 N–H and O–H groups in total. The Morgan fingerprint density at radius 3 is 2.65 bits per heavy atom. The van der Waals surface area contributed by atoms with Crippen molar-refractivity contribution in [2.45, 2.75) is 6.42 Å². The molecule has 0 bridgehead atoms. The second-order valence-corrected chi connectivity index (χ2v) is 4.13. The predicted molar refractivity (Wildman–Crippen MR) is 63.5 cm³/mol. The topological polar surface area (TPSA) is 3.24 Å². The van der Waals surface area contributed by atoms with Gasteiger partial charge in [0.25, 0.3) is 0 Å². The number of halogens is 2. The highest BCUT2D eigenvalue weighted by Gasteiger charge is 2.22. The number of para-hydroxylation sites is 1. The Bertz CT molecular complexity index is 566. The molecule has 0 atom stereocenters. The van der Waals surface area contributed by atoms with Crippen molar-refractivity contribution in [3.05, 3.63) is 59.7 Å². The third-order valence-corrected chi connectivity index (χ3v) is 3.09. The molecule has 0 amide bonds. The molecule has 1 aliphatic rings. The molecule has 0 radical (unpaired) electrons. The molecule has 1 nitrogen and oxygen atoms in total. The van der Waals surface area contributed by atoms with Gasteiger partial charge in [0.05, 0.1) is 5.69 Å². The first-order chi connectivity index (χ1) is 8.25. The van der Waals surface area contributed by atoms with Gasteiger partial charge in [-0.25, -0.2) is 8.78 Å². The average Bonchev–Trinajstić information content (AvgIpc) is 2.76. The van der Waals surface area contributed by atoms with Gasteiger partial charge in [0, 0.05) is 18.3 Å². The van der Waals surface area contributed by atoms with Crippen LogP contribution in [0.15, 0.2) is 42.5 Å². The first-order valence-electron chi connectivity index (χ1n) is 5.56. The van der Waals surface area contributed by atoms with Crippen LogP contribution in [0.3, 0.4) is 0 Å². The average molecular weight is 231 g/mol. The van der Waals surface area contributed by atoms with Crippen molar-refractivity contribution >= 4 is 11.4 Å². The van der Waals surface area contributed by atoms with Crippen LogP contribution in [0.1, 0.15) is 5.56 Å². The summed E-state index contributed by atoms with van der Waals surface area (Å²) in [6.07, 6.45) is 0.867. The number of hydrogen-bond acceptors (Lipinski definition) is 1. The van der Waals surface area contributed by atoms with E-state index in [0.717, 1.165) is 18.2 Å². The van der Waals surface area contributed by atoms with Crippen molar-refractivity contribution in [2.75, 3.05) is 11.4 Å². The van der Waals surface area contributed by atoms with Crippen LogP contribution in [0.4, 0.5) is 20.2 Å². The number of anilines is 2. The summed E-state index contributed by atoms with van der Waals surface area (Å²) in [7, 11) is 0. The van der Waals surface area contributed by atoms with E-state index in [9.17, 15) is 8.78 Å². The molecule has 3 rings (SSSR count). The van der Waals surface area contributed by atoms with Gasteiger partial charge in [-0.1, -0.05) is 18.2 Å². The van der Waals surface area contributed by atoms with Crippen LogP contribution in [0.5, 0.6) is 0 Å². The van der Waals surface area contributed by atoms with Gasteiger partial charge in [-0.2, -0.15) is 0 Å². The van der Waals surface area contributed by atoms with E-state index < -0.39 is 5.82 Å². The second-order valence-electron chi connectivity index (χ2n) is 4.13. The minimum atomic E-state index is -0.411. The summed E-state index contributed by atoms with van der Waals surface area (Å²) in [6, 6.07) is 11.4. The van der Waals surface area contributed by atoms with Crippen LogP contribution >= 0.6 is 0 Å². The minimum absolute atomic E-state index is 0.315. The zero-order valence-electron chi connectivity index (χ0n) is 9.16. The molecule has 1 aliphatic heterocycles. The van der Waals surface area contributed by atoms with E-state index in [2.05, 4.69) is 0 Å². The van der Waals surface area contributed by atoms with Gasteiger partial charge in [-0.15, -0.1) is 0 Å². The maximum Gasteiger partial charge on any atom is 0.147 e. The highest BCUT2D eigenvalue weighted by molar-refractivity contribution is 5.70. The van der Waals surface area contributed by atoms with E-state index in [1.807, 2.05) is 29.2 Å². The summed E-state index contributed by atoms with van der Waals surface area (Å²) in [5.74, 6) is -0.797. The van der Waals surface area contributed by atoms with Crippen LogP contribution in [0, 0.1) is 11.6 Å². The number of benzene rings is 2. The van der Waals surface area contributed by atoms with Crippen LogP contribution in [-0.2, 0) is 6.42 Å². The zero-order valence-corrected chi connectivity index (χ0v) is 9.16. The molecule has 17 heavy (non-hydrogen) atoms. The van der Waals surface area contributed by atoms with Crippen LogP contribution in [-0.4, -0.2) is 6.54 Å². The SMILES string of the molecule is Fc1ccc(F)c(N2CCc3ccccc32)c1. The smallest absolute Gasteiger partial charge is 0.147 e. The van der Waals surface area contributed by atoms with Crippen LogP contribution in [0.25, 0.3) is 0 Å². The third kappa shape index (κ3) is 1.68. The Labute approximate surface area is 98.3 Å². The van der Waals surface area contributed by atoms with Crippen molar-refractivity contribution in [2.24, 2.45) is 0 Å². The summed E-state index contributed by atoms with van der Waals surface area (Å²) in [5.41, 5.74) is 2.46. The van der Waals surface area contributed by atoms with Crippen molar-refractivity contribution in [3.8, 4) is 0 Å². The Hall–Kier alpha value is -1.90. The maximum atomic E-state index is 13.7. The molecular formula is C14H11F2N. The van der Waals surface area contributed by atoms with Gasteiger partial charge >= 0.3 is 0 Å². The lowest BCUT2D eigenvalue weighted by Crippen LogP contribution is -2.14. The zero-order chi connectivity index (χ0) is 11.8. The highest BCUT2D eigenvalue weighted by atomic mass is 19.1. The molecule has 0 saturated heterocycles. The van der Waals surface area contributed by atoms with E-state index in [1.165, 1.54) is 17.7 Å². The largest absolute Gasteiger partial charge is 0.338 e. The van der Waals surface area contributed by atoms with Gasteiger partial charge in [0.15, 0.2) is 0 Å². The fraction of sp³-hybridized carbons (Fsp3) is 0.143. The molecule has 2 aromatic rings. The number of hydrogen-bond donors (Lipinski definition) is 0. The van der Waals surface area contributed by atoms with Crippen LogP contribution < -0.4 is 4.90 Å². The summed E-state index contributed by atoms with van der Waals surface area (Å²) in [6.45, 7) is 0.694. The van der Waals surface area contributed by atoms with Gasteiger partial charge < -0.3 is 4.90 Å². The highest BCUT2D eigenvalue weighted by Crippen LogP contribution is 2.35. The van der Waals surface area contributed by atoms with Crippen molar-refractivity contribution in [1.82, 2.24) is 0 Å². The van der Waals surface area contributed by atoms with Gasteiger partial charge in [0.1, 0.15) is 11.6 Å². The van der Waals surface area contributed by atoms with Gasteiger partial charge in [-0.3, -0.25) is 0 Å². The Morgan fingerprint density at radius 2 is 1.76 bits per heavy atom. The fourth-order valence-electron chi connectivity index (χ4n) is 2.28. The lowest BCUT2D eigenvalue weighted by atomic mass is 10.2. The molecule has 0 unspecified atom stereocenters. The van der Waals surface area contributed by atoms with E-state index >= 15 is 0 Å². The number of fused-ring (bicyclic) bond motifs is 1. The van der Waals surface area contributed by atoms with E-state index in [-0.39, 0.29) is 5.82 Å². The Balaban J connectivity index is 2.10. The Morgan fingerprint density at radius 1 is 0.941 bits per heavy atom. The molecule has 0 aromatic heterocycles. The van der Waals surface area contributed by atoms with Crippen molar-refractivity contribution in [1.29, 1.82) is 0 Å². The second kappa shape index (κ2) is 3.84. The van der Waals surface area contributed by atoms with E-state index in [4.69, 9.17) is 0 Å². The van der Waals surface area contributed by atoms with Crippen molar-refractivity contribution < 1.29 is 8.78 Å². The van der Waals surface area contributed by atoms with E-state index in [0.29, 0.717) is 12.2 Å². The molecule has 3 heteroatoms. The summed E-state index contributed by atoms with van der Waals surface area (Å²) >= 11 is 0. The summed E-state index contributed by atoms with van der Waals surface area (Å²) in [5, 5.41) is 0. The van der Waals surface area contributed by atoms with Gasteiger partial charge in [0.2, 0.25) is 0 Å². The number of nitrogens with zero attached hydrogens (tertiary/aromatic N) is 1. The lowest BCUT2D eigenvalue weighted by Gasteiger charge is -2.20. The normalized spacial score (nSPS) is 13.9. The van der Waals surface area contributed by atoms with Crippen molar-refractivity contribution in [3.63, 3.8) is 0 Å². The molecule has 0 spiro atoms. The molecule has 0 saturated carbocycles. The molecule has 0 fully saturated rings. The predicted octanol–water partition coefficient (Wildman–Crippen LogP) is 3.66. The maximum absolute atomic E-state index is 13.7. The van der Waals surface area contributed by atoms with Gasteiger partial charge in [-0.05, 0) is 30.2 Å². The molecule has 86 valence electrons. The molecule has 1 heterocycles. The Kier molecular flexibility index (Phi) is 2.32.